The van der Waals surface area contributed by atoms with Crippen molar-refractivity contribution in [3.63, 3.8) is 0 Å². The fourth-order valence-corrected chi connectivity index (χ4v) is 4.17. The standard InChI is InChI=1S/C18H32N2O/c1-13(16(2,3)4)10-19-15(21)20-12-18(7)9-14(20)8-17(5,6)11-18/h10,14H,8-9,11-12H2,1-7H3,(H,19,21)/b13-10+. The van der Waals surface area contributed by atoms with Crippen LogP contribution in [0.3, 0.4) is 0 Å². The lowest BCUT2D eigenvalue weighted by atomic mass is 9.65. The molecule has 2 rings (SSSR count). The first-order valence-corrected chi connectivity index (χ1v) is 8.16. The molecule has 3 heteroatoms. The smallest absolute Gasteiger partial charge is 0.321 e. The zero-order valence-electron chi connectivity index (χ0n) is 14.8. The van der Waals surface area contributed by atoms with Crippen LogP contribution in [-0.4, -0.2) is 23.5 Å². The summed E-state index contributed by atoms with van der Waals surface area (Å²) in [7, 11) is 0. The Labute approximate surface area is 130 Å². The fraction of sp³-hybridized carbons (Fsp3) is 0.833. The van der Waals surface area contributed by atoms with Crippen LogP contribution in [0.4, 0.5) is 4.79 Å². The SMILES string of the molecule is C/C(=C\NC(=O)N1CC2(C)CC1CC(C)(C)C2)C(C)(C)C. The van der Waals surface area contributed by atoms with Crippen molar-refractivity contribution in [1.29, 1.82) is 0 Å². The van der Waals surface area contributed by atoms with E-state index in [9.17, 15) is 4.79 Å². The number of carbonyl (C=O) groups is 1. The van der Waals surface area contributed by atoms with Gasteiger partial charge in [-0.1, -0.05) is 47.1 Å². The number of carbonyl (C=O) groups excluding carboxylic acids is 1. The maximum atomic E-state index is 12.5. The topological polar surface area (TPSA) is 32.3 Å². The first-order valence-electron chi connectivity index (χ1n) is 8.16. The van der Waals surface area contributed by atoms with Gasteiger partial charge in [0.1, 0.15) is 0 Å². The highest BCUT2D eigenvalue weighted by molar-refractivity contribution is 5.76. The van der Waals surface area contributed by atoms with Gasteiger partial charge >= 0.3 is 6.03 Å². The summed E-state index contributed by atoms with van der Waals surface area (Å²) in [4.78, 5) is 14.6. The number of likely N-dealkylation sites (tertiary alicyclic amines) is 1. The maximum Gasteiger partial charge on any atom is 0.321 e. The summed E-state index contributed by atoms with van der Waals surface area (Å²) in [5.41, 5.74) is 1.95. The number of nitrogens with zero attached hydrogens (tertiary/aromatic N) is 1. The summed E-state index contributed by atoms with van der Waals surface area (Å²) in [6.07, 6.45) is 5.39. The quantitative estimate of drug-likeness (QED) is 0.755. The van der Waals surface area contributed by atoms with Crippen molar-refractivity contribution >= 4 is 6.03 Å². The Morgan fingerprint density at radius 2 is 1.86 bits per heavy atom. The second-order valence-electron chi connectivity index (χ2n) is 9.37. The van der Waals surface area contributed by atoms with Gasteiger partial charge in [0, 0.05) is 18.8 Å². The normalized spacial score (nSPS) is 32.2. The second-order valence-corrected chi connectivity index (χ2v) is 9.37. The highest BCUT2D eigenvalue weighted by Crippen LogP contribution is 2.52. The molecule has 1 aliphatic heterocycles. The molecule has 21 heavy (non-hydrogen) atoms. The van der Waals surface area contributed by atoms with Gasteiger partial charge in [-0.15, -0.1) is 0 Å². The molecule has 1 heterocycles. The molecule has 0 aromatic heterocycles. The van der Waals surface area contributed by atoms with Gasteiger partial charge in [-0.3, -0.25) is 0 Å². The van der Waals surface area contributed by atoms with E-state index < -0.39 is 0 Å². The van der Waals surface area contributed by atoms with Crippen LogP contribution in [0.1, 0.15) is 67.7 Å². The Balaban J connectivity index is 2.05. The number of hydrogen-bond donors (Lipinski definition) is 1. The van der Waals surface area contributed by atoms with E-state index in [1.165, 1.54) is 12.0 Å². The van der Waals surface area contributed by atoms with Crippen molar-refractivity contribution in [3.8, 4) is 0 Å². The minimum Gasteiger partial charge on any atom is -0.321 e. The summed E-state index contributed by atoms with van der Waals surface area (Å²) in [5, 5.41) is 3.01. The van der Waals surface area contributed by atoms with Crippen molar-refractivity contribution in [3.05, 3.63) is 11.8 Å². The summed E-state index contributed by atoms with van der Waals surface area (Å²) in [6, 6.07) is 0.479. The Morgan fingerprint density at radius 3 is 2.43 bits per heavy atom. The molecule has 0 aromatic rings. The first kappa shape index (κ1) is 16.4. The zero-order chi connectivity index (χ0) is 16.1. The van der Waals surface area contributed by atoms with E-state index in [0.717, 1.165) is 19.4 Å². The molecule has 3 nitrogen and oxygen atoms in total. The second kappa shape index (κ2) is 5.03. The van der Waals surface area contributed by atoms with Crippen molar-refractivity contribution in [2.24, 2.45) is 16.2 Å². The van der Waals surface area contributed by atoms with Gasteiger partial charge in [0.2, 0.25) is 0 Å². The van der Waals surface area contributed by atoms with Crippen LogP contribution >= 0.6 is 0 Å². The summed E-state index contributed by atoms with van der Waals surface area (Å²) in [5.74, 6) is 0. The minimum absolute atomic E-state index is 0.0741. The third-order valence-corrected chi connectivity index (χ3v) is 5.27. The van der Waals surface area contributed by atoms with Crippen LogP contribution in [-0.2, 0) is 0 Å². The molecule has 120 valence electrons. The molecular weight excluding hydrogens is 260 g/mol. The van der Waals surface area contributed by atoms with Crippen LogP contribution in [0.2, 0.25) is 0 Å². The summed E-state index contributed by atoms with van der Waals surface area (Å²) < 4.78 is 0. The third kappa shape index (κ3) is 3.61. The fourth-order valence-electron chi connectivity index (χ4n) is 4.17. The van der Waals surface area contributed by atoms with Crippen molar-refractivity contribution in [2.75, 3.05) is 6.54 Å². The molecule has 2 atom stereocenters. The van der Waals surface area contributed by atoms with Crippen LogP contribution in [0, 0.1) is 16.2 Å². The van der Waals surface area contributed by atoms with E-state index in [4.69, 9.17) is 0 Å². The predicted molar refractivity (Wildman–Crippen MR) is 88.0 cm³/mol. The largest absolute Gasteiger partial charge is 0.321 e. The Hall–Kier alpha value is -0.990. The molecule has 2 fully saturated rings. The highest BCUT2D eigenvalue weighted by Gasteiger charge is 2.50. The number of rotatable bonds is 1. The van der Waals surface area contributed by atoms with Gasteiger partial charge in [-0.2, -0.15) is 0 Å². The van der Waals surface area contributed by atoms with Gasteiger partial charge in [-0.05, 0) is 42.4 Å². The van der Waals surface area contributed by atoms with E-state index >= 15 is 0 Å². The van der Waals surface area contributed by atoms with Crippen LogP contribution in [0.5, 0.6) is 0 Å². The van der Waals surface area contributed by atoms with Crippen molar-refractivity contribution < 1.29 is 4.79 Å². The number of urea groups is 1. The molecule has 1 saturated heterocycles. The molecule has 1 saturated carbocycles. The van der Waals surface area contributed by atoms with Crippen molar-refractivity contribution in [1.82, 2.24) is 10.2 Å². The summed E-state index contributed by atoms with van der Waals surface area (Å²) >= 11 is 0. The van der Waals surface area contributed by atoms with Crippen LogP contribution in [0.15, 0.2) is 11.8 Å². The monoisotopic (exact) mass is 292 g/mol. The third-order valence-electron chi connectivity index (χ3n) is 5.27. The number of amides is 2. The van der Waals surface area contributed by atoms with Gasteiger partial charge in [0.15, 0.2) is 0 Å². The highest BCUT2D eigenvalue weighted by atomic mass is 16.2. The lowest BCUT2D eigenvalue weighted by Crippen LogP contribution is -2.42. The Kier molecular flexibility index (Phi) is 3.92. The van der Waals surface area contributed by atoms with Crippen molar-refractivity contribution in [2.45, 2.75) is 73.8 Å². The molecule has 1 N–H and O–H groups in total. The number of hydrogen-bond acceptors (Lipinski definition) is 1. The average Bonchev–Trinajstić information content (AvgIpc) is 2.53. The zero-order valence-corrected chi connectivity index (χ0v) is 14.8. The molecule has 2 bridgehead atoms. The predicted octanol–water partition coefficient (Wildman–Crippen LogP) is 4.55. The molecule has 2 aliphatic rings. The lowest BCUT2D eigenvalue weighted by molar-refractivity contribution is 0.129. The maximum absolute atomic E-state index is 12.5. The van der Waals surface area contributed by atoms with Gasteiger partial charge in [0.25, 0.3) is 0 Å². The van der Waals surface area contributed by atoms with E-state index in [-0.39, 0.29) is 11.4 Å². The molecule has 2 amide bonds. The summed E-state index contributed by atoms with van der Waals surface area (Å²) in [6.45, 7) is 16.5. The number of allylic oxidation sites excluding steroid dienone is 1. The van der Waals surface area contributed by atoms with Gasteiger partial charge in [0.05, 0.1) is 0 Å². The van der Waals surface area contributed by atoms with Crippen LogP contribution < -0.4 is 5.32 Å². The molecule has 0 radical (unpaired) electrons. The van der Waals surface area contributed by atoms with Gasteiger partial charge in [-0.25, -0.2) is 4.79 Å². The minimum atomic E-state index is 0.0741. The van der Waals surface area contributed by atoms with E-state index in [2.05, 4.69) is 58.7 Å². The number of nitrogens with one attached hydrogen (secondary N) is 1. The van der Waals surface area contributed by atoms with Crippen LogP contribution in [0.25, 0.3) is 0 Å². The Bertz CT molecular complexity index is 458. The van der Waals surface area contributed by atoms with E-state index in [0.29, 0.717) is 16.9 Å². The van der Waals surface area contributed by atoms with Gasteiger partial charge < -0.3 is 10.2 Å². The van der Waals surface area contributed by atoms with E-state index in [1.54, 1.807) is 0 Å². The first-order chi connectivity index (χ1) is 9.42. The van der Waals surface area contributed by atoms with E-state index in [1.807, 2.05) is 6.20 Å². The molecule has 0 aromatic carbocycles. The molecule has 1 aliphatic carbocycles. The molecule has 2 unspecified atom stereocenters. The molecule has 0 spiro atoms. The lowest BCUT2D eigenvalue weighted by Gasteiger charge is -2.39. The molecular formula is C18H32N2O. The number of fused-ring (bicyclic) bond motifs is 2. The average molecular weight is 292 g/mol. The Morgan fingerprint density at radius 1 is 1.24 bits per heavy atom.